The summed E-state index contributed by atoms with van der Waals surface area (Å²) in [6, 6.07) is 0. The molecule has 1 amide bonds. The van der Waals surface area contributed by atoms with Crippen LogP contribution in [0.5, 0.6) is 0 Å². The molecule has 2 heterocycles. The number of imidazole rings is 1. The number of aryl methyl sites for hydroxylation is 2. The Kier molecular flexibility index (Phi) is 3.53. The second-order valence-electron chi connectivity index (χ2n) is 6.04. The molecule has 6 heteroatoms. The second-order valence-corrected chi connectivity index (χ2v) is 7.25. The zero-order valence-electron chi connectivity index (χ0n) is 12.7. The molecule has 0 aromatic carbocycles. The molecule has 0 saturated heterocycles. The molecular formula is C15H21N3O2S. The first-order valence-corrected chi connectivity index (χ1v) is 8.14. The number of hydrogen-bond acceptors (Lipinski definition) is 4. The van der Waals surface area contributed by atoms with E-state index in [1.54, 1.807) is 23.3 Å². The molecule has 1 N–H and O–H groups in total. The fraction of sp³-hybridized carbons (Fsp3) is 0.600. The van der Waals surface area contributed by atoms with Crippen LogP contribution in [-0.2, 0) is 11.3 Å². The number of carbonyl (C=O) groups is 1. The topological polar surface area (TPSA) is 57.8 Å². The Labute approximate surface area is 128 Å². The van der Waals surface area contributed by atoms with E-state index in [-0.39, 0.29) is 5.91 Å². The number of rotatable bonds is 3. The summed E-state index contributed by atoms with van der Waals surface area (Å²) < 4.78 is 2.05. The second kappa shape index (κ2) is 5.10. The Morgan fingerprint density at radius 2 is 2.14 bits per heavy atom. The molecule has 21 heavy (non-hydrogen) atoms. The Hall–Kier alpha value is -1.40. The first-order chi connectivity index (χ1) is 9.90. The number of hydrogen-bond donors (Lipinski definition) is 1. The van der Waals surface area contributed by atoms with Crippen molar-refractivity contribution in [3.8, 4) is 0 Å². The van der Waals surface area contributed by atoms with Crippen molar-refractivity contribution in [1.29, 1.82) is 0 Å². The summed E-state index contributed by atoms with van der Waals surface area (Å²) in [5, 5.41) is 10.4. The Bertz CT molecular complexity index is 682. The van der Waals surface area contributed by atoms with Gasteiger partial charge in [0.1, 0.15) is 5.60 Å². The van der Waals surface area contributed by atoms with Gasteiger partial charge in [0.25, 0.3) is 5.91 Å². The average Bonchev–Trinajstić information content (AvgIpc) is 3.07. The molecule has 5 nitrogen and oxygen atoms in total. The van der Waals surface area contributed by atoms with E-state index in [0.717, 1.165) is 29.2 Å². The molecule has 1 saturated carbocycles. The zero-order valence-corrected chi connectivity index (χ0v) is 13.5. The van der Waals surface area contributed by atoms with Crippen LogP contribution in [0.3, 0.4) is 0 Å². The lowest BCUT2D eigenvalue weighted by Gasteiger charge is -2.27. The number of thiazole rings is 1. The van der Waals surface area contributed by atoms with Crippen LogP contribution in [-0.4, -0.2) is 37.9 Å². The van der Waals surface area contributed by atoms with E-state index >= 15 is 0 Å². The van der Waals surface area contributed by atoms with Crippen molar-refractivity contribution in [3.63, 3.8) is 0 Å². The van der Waals surface area contributed by atoms with Gasteiger partial charge in [0.15, 0.2) is 4.96 Å². The summed E-state index contributed by atoms with van der Waals surface area (Å²) in [5.74, 6) is -0.165. The molecule has 114 valence electrons. The van der Waals surface area contributed by atoms with Crippen molar-refractivity contribution in [3.05, 3.63) is 22.5 Å². The highest BCUT2D eigenvalue weighted by Crippen LogP contribution is 2.31. The summed E-state index contributed by atoms with van der Waals surface area (Å²) in [4.78, 5) is 20.8. The van der Waals surface area contributed by atoms with Gasteiger partial charge in [-0.2, -0.15) is 0 Å². The third-order valence-electron chi connectivity index (χ3n) is 4.30. The minimum absolute atomic E-state index is 0.165. The first-order valence-electron chi connectivity index (χ1n) is 7.32. The first kappa shape index (κ1) is 14.5. The Morgan fingerprint density at radius 1 is 1.48 bits per heavy atom. The van der Waals surface area contributed by atoms with Crippen molar-refractivity contribution in [2.24, 2.45) is 0 Å². The monoisotopic (exact) mass is 307 g/mol. The molecule has 0 bridgehead atoms. The van der Waals surface area contributed by atoms with E-state index in [1.165, 1.54) is 4.88 Å². The van der Waals surface area contributed by atoms with E-state index in [2.05, 4.69) is 22.5 Å². The van der Waals surface area contributed by atoms with E-state index in [4.69, 9.17) is 0 Å². The van der Waals surface area contributed by atoms with Gasteiger partial charge in [-0.05, 0) is 39.5 Å². The highest BCUT2D eigenvalue weighted by molar-refractivity contribution is 7.17. The molecule has 0 atom stereocenters. The number of aromatic nitrogens is 2. The number of nitrogens with zero attached hydrogens (tertiary/aromatic N) is 3. The third-order valence-corrected chi connectivity index (χ3v) is 5.20. The largest absolute Gasteiger partial charge is 0.380 e. The molecule has 1 aliphatic carbocycles. The molecule has 1 aliphatic rings. The molecule has 3 rings (SSSR count). The number of carbonyl (C=O) groups excluding carboxylic acids is 1. The van der Waals surface area contributed by atoms with Gasteiger partial charge < -0.3 is 10.0 Å². The molecule has 1 fully saturated rings. The maximum Gasteiger partial charge on any atom is 0.254 e. The van der Waals surface area contributed by atoms with E-state index in [1.807, 2.05) is 6.92 Å². The SMILES string of the molecule is Cc1cn2c(CN(C)C(=O)C3(O)CCCC3)c(C)nc2s1. The standard InChI is InChI=1S/C15H21N3O2S/c1-10-8-18-12(11(2)16-14(18)21-10)9-17(3)13(19)15(20)6-4-5-7-15/h8,20H,4-7,9H2,1-3H3. The van der Waals surface area contributed by atoms with E-state index < -0.39 is 5.60 Å². The third kappa shape index (κ3) is 2.46. The van der Waals surface area contributed by atoms with Crippen LogP contribution in [0.25, 0.3) is 4.96 Å². The highest BCUT2D eigenvalue weighted by atomic mass is 32.1. The predicted molar refractivity (Wildman–Crippen MR) is 82.4 cm³/mol. The zero-order chi connectivity index (χ0) is 15.2. The number of amides is 1. The number of fused-ring (bicyclic) bond motifs is 1. The van der Waals surface area contributed by atoms with Crippen LogP contribution in [0.2, 0.25) is 0 Å². The van der Waals surface area contributed by atoms with Gasteiger partial charge in [-0.1, -0.05) is 0 Å². The average molecular weight is 307 g/mol. The molecule has 0 radical (unpaired) electrons. The van der Waals surface area contributed by atoms with Crippen LogP contribution in [0.1, 0.15) is 41.9 Å². The predicted octanol–water partition coefficient (Wildman–Crippen LogP) is 2.28. The van der Waals surface area contributed by atoms with Crippen LogP contribution in [0.4, 0.5) is 0 Å². The number of likely N-dealkylation sites (N-methyl/N-ethyl adjacent to an activating group) is 1. The number of aliphatic hydroxyl groups is 1. The lowest BCUT2D eigenvalue weighted by molar-refractivity contribution is -0.149. The van der Waals surface area contributed by atoms with Crippen molar-refractivity contribution >= 4 is 22.2 Å². The molecule has 0 spiro atoms. The van der Waals surface area contributed by atoms with Crippen molar-refractivity contribution in [1.82, 2.24) is 14.3 Å². The highest BCUT2D eigenvalue weighted by Gasteiger charge is 2.40. The van der Waals surface area contributed by atoms with E-state index in [0.29, 0.717) is 19.4 Å². The van der Waals surface area contributed by atoms with Gasteiger partial charge in [0.2, 0.25) is 0 Å². The lowest BCUT2D eigenvalue weighted by Crippen LogP contribution is -2.45. The molecule has 2 aromatic rings. The van der Waals surface area contributed by atoms with Gasteiger partial charge in [-0.15, -0.1) is 11.3 Å². The van der Waals surface area contributed by atoms with Crippen LogP contribution >= 0.6 is 11.3 Å². The molecule has 0 aliphatic heterocycles. The lowest BCUT2D eigenvalue weighted by atomic mass is 10.0. The van der Waals surface area contributed by atoms with Crippen LogP contribution < -0.4 is 0 Å². The van der Waals surface area contributed by atoms with Gasteiger partial charge in [-0.3, -0.25) is 9.20 Å². The maximum atomic E-state index is 12.5. The molecular weight excluding hydrogens is 286 g/mol. The molecule has 0 unspecified atom stereocenters. The minimum atomic E-state index is -1.16. The van der Waals surface area contributed by atoms with Crippen molar-refractivity contribution < 1.29 is 9.90 Å². The fourth-order valence-electron chi connectivity index (χ4n) is 3.12. The smallest absolute Gasteiger partial charge is 0.254 e. The van der Waals surface area contributed by atoms with Crippen molar-refractivity contribution in [2.45, 2.75) is 51.7 Å². The van der Waals surface area contributed by atoms with E-state index in [9.17, 15) is 9.90 Å². The molecule has 2 aromatic heterocycles. The fourth-order valence-corrected chi connectivity index (χ4v) is 4.01. The summed E-state index contributed by atoms with van der Waals surface area (Å²) in [5.41, 5.74) is 0.808. The summed E-state index contributed by atoms with van der Waals surface area (Å²) in [6.07, 6.45) is 5.06. The maximum absolute atomic E-state index is 12.5. The normalized spacial score (nSPS) is 17.5. The summed E-state index contributed by atoms with van der Waals surface area (Å²) >= 11 is 1.65. The summed E-state index contributed by atoms with van der Waals surface area (Å²) in [7, 11) is 1.76. The van der Waals surface area contributed by atoms with Crippen molar-refractivity contribution in [2.75, 3.05) is 7.05 Å². The Morgan fingerprint density at radius 3 is 2.81 bits per heavy atom. The van der Waals surface area contributed by atoms with Gasteiger partial charge in [0.05, 0.1) is 17.9 Å². The van der Waals surface area contributed by atoms with Crippen LogP contribution in [0, 0.1) is 13.8 Å². The van der Waals surface area contributed by atoms with Gasteiger partial charge >= 0.3 is 0 Å². The summed E-state index contributed by atoms with van der Waals surface area (Å²) in [6.45, 7) is 4.49. The Balaban J connectivity index is 1.84. The van der Waals surface area contributed by atoms with Gasteiger partial charge in [-0.25, -0.2) is 4.98 Å². The quantitative estimate of drug-likeness (QED) is 0.946. The minimum Gasteiger partial charge on any atom is -0.380 e. The van der Waals surface area contributed by atoms with Crippen LogP contribution in [0.15, 0.2) is 6.20 Å². The van der Waals surface area contributed by atoms with Gasteiger partial charge in [0, 0.05) is 18.1 Å².